The number of amides is 1. The van der Waals surface area contributed by atoms with Crippen molar-refractivity contribution in [3.05, 3.63) is 59.2 Å². The Morgan fingerprint density at radius 3 is 2.90 bits per heavy atom. The highest BCUT2D eigenvalue weighted by Gasteiger charge is 2.31. The monoisotopic (exact) mass is 268 g/mol. The molecule has 0 spiro atoms. The molecule has 0 heterocycles. The Hall–Kier alpha value is -2.49. The number of fused-ring (bicyclic) bond motifs is 1. The Kier molecular flexibility index (Phi) is 3.06. The minimum Gasteiger partial charge on any atom is -0.508 e. The number of nitrogens with two attached hydrogens (primary N) is 1. The summed E-state index contributed by atoms with van der Waals surface area (Å²) < 4.78 is 0. The lowest BCUT2D eigenvalue weighted by Crippen LogP contribution is -2.35. The number of aromatic hydroxyl groups is 1. The third kappa shape index (κ3) is 2.20. The van der Waals surface area contributed by atoms with Gasteiger partial charge in [-0.1, -0.05) is 24.3 Å². The molecule has 4 heteroatoms. The molecule has 3 rings (SSSR count). The van der Waals surface area contributed by atoms with Crippen molar-refractivity contribution >= 4 is 11.6 Å². The standard InChI is InChI=1S/C16H16N2O2/c17-12-5-6-15(19)11(7-12)9-18-16(20)14-8-10-3-1-2-4-13(10)14/h1-7,14,19H,8-9,17H2,(H,18,20). The Labute approximate surface area is 117 Å². The van der Waals surface area contributed by atoms with Crippen LogP contribution in [0.2, 0.25) is 0 Å². The van der Waals surface area contributed by atoms with Crippen LogP contribution in [0.3, 0.4) is 0 Å². The normalized spacial score (nSPS) is 16.1. The molecule has 102 valence electrons. The lowest BCUT2D eigenvalue weighted by Gasteiger charge is -2.28. The minimum atomic E-state index is -0.0746. The van der Waals surface area contributed by atoms with Crippen molar-refractivity contribution < 1.29 is 9.90 Å². The predicted octanol–water partition coefficient (Wildman–Crippen LogP) is 1.93. The van der Waals surface area contributed by atoms with Crippen LogP contribution in [0.15, 0.2) is 42.5 Å². The molecule has 4 nitrogen and oxygen atoms in total. The summed E-state index contributed by atoms with van der Waals surface area (Å²) in [4.78, 5) is 12.1. The number of hydrogen-bond acceptors (Lipinski definition) is 3. The minimum absolute atomic E-state index is 0.00877. The van der Waals surface area contributed by atoms with Crippen molar-refractivity contribution in [3.63, 3.8) is 0 Å². The van der Waals surface area contributed by atoms with Gasteiger partial charge in [0.05, 0.1) is 5.92 Å². The first-order valence-electron chi connectivity index (χ1n) is 6.58. The molecule has 4 N–H and O–H groups in total. The van der Waals surface area contributed by atoms with Crippen LogP contribution in [-0.2, 0) is 17.8 Å². The van der Waals surface area contributed by atoms with Gasteiger partial charge in [0, 0.05) is 17.8 Å². The van der Waals surface area contributed by atoms with Crippen molar-refractivity contribution in [2.75, 3.05) is 5.73 Å². The molecule has 0 fully saturated rings. The van der Waals surface area contributed by atoms with Crippen LogP contribution >= 0.6 is 0 Å². The van der Waals surface area contributed by atoms with Gasteiger partial charge in [0.1, 0.15) is 5.75 Å². The summed E-state index contributed by atoms with van der Waals surface area (Å²) in [5.41, 5.74) is 9.21. The maximum atomic E-state index is 12.1. The Morgan fingerprint density at radius 2 is 2.10 bits per heavy atom. The van der Waals surface area contributed by atoms with Gasteiger partial charge in [-0.3, -0.25) is 4.79 Å². The molecular formula is C16H16N2O2. The van der Waals surface area contributed by atoms with Gasteiger partial charge in [-0.15, -0.1) is 0 Å². The van der Waals surface area contributed by atoms with Crippen LogP contribution in [0, 0.1) is 0 Å². The fourth-order valence-corrected chi connectivity index (χ4v) is 2.55. The van der Waals surface area contributed by atoms with E-state index in [9.17, 15) is 9.90 Å². The molecule has 1 unspecified atom stereocenters. The van der Waals surface area contributed by atoms with Crippen molar-refractivity contribution in [1.82, 2.24) is 5.32 Å². The maximum Gasteiger partial charge on any atom is 0.228 e. The summed E-state index contributed by atoms with van der Waals surface area (Å²) >= 11 is 0. The van der Waals surface area contributed by atoms with E-state index in [1.807, 2.05) is 24.3 Å². The highest BCUT2D eigenvalue weighted by Crippen LogP contribution is 2.34. The number of nitrogen functional groups attached to an aromatic ring is 1. The van der Waals surface area contributed by atoms with Gasteiger partial charge < -0.3 is 16.2 Å². The summed E-state index contributed by atoms with van der Waals surface area (Å²) in [7, 11) is 0. The van der Waals surface area contributed by atoms with Gasteiger partial charge >= 0.3 is 0 Å². The van der Waals surface area contributed by atoms with Crippen molar-refractivity contribution in [3.8, 4) is 5.75 Å². The Morgan fingerprint density at radius 1 is 1.30 bits per heavy atom. The van der Waals surface area contributed by atoms with E-state index in [1.54, 1.807) is 12.1 Å². The zero-order valence-corrected chi connectivity index (χ0v) is 11.0. The number of nitrogens with one attached hydrogen (secondary N) is 1. The average molecular weight is 268 g/mol. The first-order valence-corrected chi connectivity index (χ1v) is 6.58. The number of benzene rings is 2. The van der Waals surface area contributed by atoms with Gasteiger partial charge in [0.15, 0.2) is 0 Å². The lowest BCUT2D eigenvalue weighted by molar-refractivity contribution is -0.123. The van der Waals surface area contributed by atoms with Crippen LogP contribution in [0.25, 0.3) is 0 Å². The van der Waals surface area contributed by atoms with Crippen LogP contribution in [0.5, 0.6) is 5.75 Å². The molecule has 0 aromatic heterocycles. The molecule has 2 aromatic carbocycles. The molecule has 0 bridgehead atoms. The third-order valence-corrected chi connectivity index (χ3v) is 3.73. The molecule has 1 amide bonds. The molecule has 1 atom stereocenters. The van der Waals surface area contributed by atoms with Crippen molar-refractivity contribution in [1.29, 1.82) is 0 Å². The van der Waals surface area contributed by atoms with Gasteiger partial charge in [-0.25, -0.2) is 0 Å². The first-order chi connectivity index (χ1) is 9.65. The Bertz CT molecular complexity index is 667. The van der Waals surface area contributed by atoms with E-state index in [0.717, 1.165) is 12.0 Å². The topological polar surface area (TPSA) is 75.3 Å². The van der Waals surface area contributed by atoms with Crippen molar-refractivity contribution in [2.24, 2.45) is 0 Å². The fourth-order valence-electron chi connectivity index (χ4n) is 2.55. The number of phenolic OH excluding ortho intramolecular Hbond substituents is 1. The number of phenols is 1. The number of carbonyl (C=O) groups is 1. The first kappa shape index (κ1) is 12.5. The molecule has 1 aliphatic rings. The average Bonchev–Trinajstić information content (AvgIpc) is 2.41. The summed E-state index contributed by atoms with van der Waals surface area (Å²) in [6.07, 6.45) is 0.783. The molecule has 2 aromatic rings. The van der Waals surface area contributed by atoms with Crippen LogP contribution in [-0.4, -0.2) is 11.0 Å². The molecular weight excluding hydrogens is 252 g/mol. The lowest BCUT2D eigenvalue weighted by atomic mass is 9.77. The zero-order chi connectivity index (χ0) is 14.1. The van der Waals surface area contributed by atoms with E-state index in [1.165, 1.54) is 11.6 Å². The van der Waals surface area contributed by atoms with E-state index in [0.29, 0.717) is 11.3 Å². The largest absolute Gasteiger partial charge is 0.508 e. The second-order valence-electron chi connectivity index (χ2n) is 5.06. The smallest absolute Gasteiger partial charge is 0.228 e. The van der Waals surface area contributed by atoms with E-state index >= 15 is 0 Å². The van der Waals surface area contributed by atoms with E-state index in [4.69, 9.17) is 5.73 Å². The quantitative estimate of drug-likeness (QED) is 0.588. The molecule has 0 saturated heterocycles. The van der Waals surface area contributed by atoms with Crippen molar-refractivity contribution in [2.45, 2.75) is 18.9 Å². The number of rotatable bonds is 3. The third-order valence-electron chi connectivity index (χ3n) is 3.73. The van der Waals surface area contributed by atoms with E-state index in [2.05, 4.69) is 5.32 Å². The van der Waals surface area contributed by atoms with Crippen LogP contribution < -0.4 is 11.1 Å². The molecule has 0 saturated carbocycles. The second kappa shape index (κ2) is 4.89. The van der Waals surface area contributed by atoms with E-state index < -0.39 is 0 Å². The molecule has 0 radical (unpaired) electrons. The Balaban J connectivity index is 1.65. The van der Waals surface area contributed by atoms with E-state index in [-0.39, 0.29) is 24.1 Å². The number of carbonyl (C=O) groups excluding carboxylic acids is 1. The fraction of sp³-hybridized carbons (Fsp3) is 0.188. The predicted molar refractivity (Wildman–Crippen MR) is 77.3 cm³/mol. The maximum absolute atomic E-state index is 12.1. The van der Waals surface area contributed by atoms with Gasteiger partial charge in [0.2, 0.25) is 5.91 Å². The zero-order valence-electron chi connectivity index (χ0n) is 11.0. The SMILES string of the molecule is Nc1ccc(O)c(CNC(=O)C2Cc3ccccc32)c1. The molecule has 20 heavy (non-hydrogen) atoms. The molecule has 0 aliphatic heterocycles. The van der Waals surface area contributed by atoms with Gasteiger partial charge in [0.25, 0.3) is 0 Å². The molecule has 1 aliphatic carbocycles. The highest BCUT2D eigenvalue weighted by molar-refractivity contribution is 5.86. The number of anilines is 1. The number of hydrogen-bond donors (Lipinski definition) is 3. The summed E-state index contributed by atoms with van der Waals surface area (Å²) in [5, 5.41) is 12.6. The highest BCUT2D eigenvalue weighted by atomic mass is 16.3. The van der Waals surface area contributed by atoms with Gasteiger partial charge in [-0.2, -0.15) is 0 Å². The van der Waals surface area contributed by atoms with Crippen LogP contribution in [0.4, 0.5) is 5.69 Å². The summed E-state index contributed by atoms with van der Waals surface area (Å²) in [5.74, 6) is 0.0634. The summed E-state index contributed by atoms with van der Waals surface area (Å²) in [6, 6.07) is 12.8. The van der Waals surface area contributed by atoms with Crippen LogP contribution in [0.1, 0.15) is 22.6 Å². The second-order valence-corrected chi connectivity index (χ2v) is 5.06. The summed E-state index contributed by atoms with van der Waals surface area (Å²) in [6.45, 7) is 0.286. The van der Waals surface area contributed by atoms with Gasteiger partial charge in [-0.05, 0) is 35.7 Å².